The van der Waals surface area contributed by atoms with E-state index in [4.69, 9.17) is 19.1 Å². The highest BCUT2D eigenvalue weighted by Gasteiger charge is 2.26. The van der Waals surface area contributed by atoms with Gasteiger partial charge in [-0.2, -0.15) is 0 Å². The molecule has 51 heavy (non-hydrogen) atoms. The van der Waals surface area contributed by atoms with Gasteiger partial charge in [-0.1, -0.05) is 147 Å². The number of phosphoric acid groups is 1. The van der Waals surface area contributed by atoms with E-state index < -0.39 is 51.8 Å². The first kappa shape index (κ1) is 49.2. The summed E-state index contributed by atoms with van der Waals surface area (Å²) in [6.07, 6.45) is 36.1. The van der Waals surface area contributed by atoms with E-state index in [2.05, 4.69) is 30.5 Å². The van der Waals surface area contributed by atoms with Gasteiger partial charge >= 0.3 is 19.8 Å². The Balaban J connectivity index is 4.48. The number of esters is 2. The summed E-state index contributed by atoms with van der Waals surface area (Å²) in [5.74, 6) is -1.20. The Labute approximate surface area is 310 Å². The van der Waals surface area contributed by atoms with Gasteiger partial charge in [-0.15, -0.1) is 0 Å². The van der Waals surface area contributed by atoms with Crippen molar-refractivity contribution in [2.75, 3.05) is 26.4 Å². The van der Waals surface area contributed by atoms with Crippen LogP contribution in [0.2, 0.25) is 0 Å². The smallest absolute Gasteiger partial charge is 0.462 e. The Kier molecular flexibility index (Phi) is 35.2. The van der Waals surface area contributed by atoms with Crippen molar-refractivity contribution in [3.05, 3.63) is 36.5 Å². The Morgan fingerprint density at radius 1 is 0.627 bits per heavy atom. The van der Waals surface area contributed by atoms with Crippen molar-refractivity contribution < 1.29 is 47.8 Å². The van der Waals surface area contributed by atoms with E-state index in [1.807, 2.05) is 6.08 Å². The maximum atomic E-state index is 12.5. The van der Waals surface area contributed by atoms with Crippen LogP contribution in [0.4, 0.5) is 0 Å². The third-order valence-corrected chi connectivity index (χ3v) is 9.32. The summed E-state index contributed by atoms with van der Waals surface area (Å²) in [6, 6.07) is 0. The van der Waals surface area contributed by atoms with Gasteiger partial charge in [0.05, 0.1) is 19.8 Å². The van der Waals surface area contributed by atoms with Crippen LogP contribution in [0.25, 0.3) is 0 Å². The SMILES string of the molecule is CCCCCCCC/C=C/CCCCCC(=O)OC[C@H](COP(=O)(O)OC[C@@H](O)CO)OC(=O)/C=C/C=C/CCCCCCCCCCCCC. The molecule has 298 valence electrons. The molecule has 11 heteroatoms. The molecule has 0 fully saturated rings. The van der Waals surface area contributed by atoms with Crippen molar-refractivity contribution in [3.8, 4) is 0 Å². The monoisotopic (exact) mass is 744 g/mol. The molecular formula is C40H73O10P. The molecule has 0 rings (SSSR count). The van der Waals surface area contributed by atoms with Crippen LogP contribution < -0.4 is 0 Å². The molecule has 0 aromatic carbocycles. The highest BCUT2D eigenvalue weighted by Crippen LogP contribution is 2.43. The van der Waals surface area contributed by atoms with E-state index in [0.717, 1.165) is 38.5 Å². The predicted molar refractivity (Wildman–Crippen MR) is 205 cm³/mol. The molecule has 0 spiro atoms. The maximum Gasteiger partial charge on any atom is 0.472 e. The molecular weight excluding hydrogens is 671 g/mol. The van der Waals surface area contributed by atoms with Crippen LogP contribution in [0, 0.1) is 0 Å². The van der Waals surface area contributed by atoms with Crippen LogP contribution in [-0.2, 0) is 32.7 Å². The number of hydrogen-bond donors (Lipinski definition) is 3. The third kappa shape index (κ3) is 36.3. The zero-order chi connectivity index (χ0) is 37.7. The van der Waals surface area contributed by atoms with E-state index in [1.54, 1.807) is 12.2 Å². The van der Waals surface area contributed by atoms with Gasteiger partial charge in [-0.3, -0.25) is 13.8 Å². The van der Waals surface area contributed by atoms with Crippen LogP contribution in [0.5, 0.6) is 0 Å². The van der Waals surface area contributed by atoms with E-state index in [9.17, 15) is 24.2 Å². The number of allylic oxidation sites excluding steroid dienone is 5. The lowest BCUT2D eigenvalue weighted by Crippen LogP contribution is -2.29. The summed E-state index contributed by atoms with van der Waals surface area (Å²) in [5, 5.41) is 18.3. The van der Waals surface area contributed by atoms with Crippen LogP contribution >= 0.6 is 7.82 Å². The highest BCUT2D eigenvalue weighted by molar-refractivity contribution is 7.47. The van der Waals surface area contributed by atoms with Crippen LogP contribution in [0.15, 0.2) is 36.5 Å². The predicted octanol–water partition coefficient (Wildman–Crippen LogP) is 10.00. The molecule has 0 amide bonds. The molecule has 0 saturated heterocycles. The van der Waals surface area contributed by atoms with Crippen molar-refractivity contribution in [1.82, 2.24) is 0 Å². The van der Waals surface area contributed by atoms with Gasteiger partial charge in [-0.05, 0) is 44.9 Å². The fourth-order valence-electron chi connectivity index (χ4n) is 5.25. The number of unbranched alkanes of at least 4 members (excludes halogenated alkanes) is 20. The first-order valence-electron chi connectivity index (χ1n) is 20.0. The van der Waals surface area contributed by atoms with E-state index >= 15 is 0 Å². The van der Waals surface area contributed by atoms with Crippen LogP contribution in [0.1, 0.15) is 168 Å². The van der Waals surface area contributed by atoms with E-state index in [0.29, 0.717) is 6.42 Å². The largest absolute Gasteiger partial charge is 0.472 e. The number of ether oxygens (including phenoxy) is 2. The lowest BCUT2D eigenvalue weighted by atomic mass is 10.1. The third-order valence-electron chi connectivity index (χ3n) is 8.37. The molecule has 3 N–H and O–H groups in total. The summed E-state index contributed by atoms with van der Waals surface area (Å²) < 4.78 is 32.4. The molecule has 1 unspecified atom stereocenters. The summed E-state index contributed by atoms with van der Waals surface area (Å²) in [5.41, 5.74) is 0. The molecule has 0 aromatic rings. The minimum absolute atomic E-state index is 0.202. The van der Waals surface area contributed by atoms with Crippen molar-refractivity contribution in [2.24, 2.45) is 0 Å². The fraction of sp³-hybridized carbons (Fsp3) is 0.800. The number of aliphatic hydroxyl groups is 2. The zero-order valence-electron chi connectivity index (χ0n) is 32.1. The van der Waals surface area contributed by atoms with E-state index in [-0.39, 0.29) is 13.0 Å². The molecule has 0 aromatic heterocycles. The molecule has 0 saturated carbocycles. The minimum atomic E-state index is -4.64. The minimum Gasteiger partial charge on any atom is -0.462 e. The second-order valence-corrected chi connectivity index (χ2v) is 14.8. The summed E-state index contributed by atoms with van der Waals surface area (Å²) >= 11 is 0. The summed E-state index contributed by atoms with van der Waals surface area (Å²) in [4.78, 5) is 34.7. The van der Waals surface area contributed by atoms with Crippen LogP contribution in [0.3, 0.4) is 0 Å². The number of hydrogen-bond acceptors (Lipinski definition) is 9. The number of phosphoric ester groups is 1. The van der Waals surface area contributed by atoms with Gasteiger partial charge in [0.2, 0.25) is 0 Å². The van der Waals surface area contributed by atoms with Gasteiger partial charge < -0.3 is 24.6 Å². The maximum absolute atomic E-state index is 12.5. The second-order valence-electron chi connectivity index (χ2n) is 13.4. The van der Waals surface area contributed by atoms with Gasteiger partial charge in [0.15, 0.2) is 6.10 Å². The van der Waals surface area contributed by atoms with Gasteiger partial charge in [0, 0.05) is 12.5 Å². The topological polar surface area (TPSA) is 149 Å². The molecule has 0 aliphatic heterocycles. The zero-order valence-corrected chi connectivity index (χ0v) is 33.0. The highest BCUT2D eigenvalue weighted by atomic mass is 31.2. The first-order chi connectivity index (χ1) is 24.7. The fourth-order valence-corrected chi connectivity index (χ4v) is 6.04. The Morgan fingerprint density at radius 3 is 1.63 bits per heavy atom. The summed E-state index contributed by atoms with van der Waals surface area (Å²) in [7, 11) is -4.64. The lowest BCUT2D eigenvalue weighted by molar-refractivity contribution is -0.157. The van der Waals surface area contributed by atoms with Crippen LogP contribution in [-0.4, -0.2) is 65.7 Å². The Hall–Kier alpha value is -1.81. The van der Waals surface area contributed by atoms with Crippen molar-refractivity contribution >= 4 is 19.8 Å². The average molecular weight is 745 g/mol. The molecule has 0 aliphatic carbocycles. The normalized spacial score (nSPS) is 14.4. The average Bonchev–Trinajstić information content (AvgIpc) is 3.12. The second kappa shape index (κ2) is 36.5. The molecule has 3 atom stereocenters. The van der Waals surface area contributed by atoms with Crippen molar-refractivity contribution in [2.45, 2.75) is 180 Å². The van der Waals surface area contributed by atoms with Gasteiger partial charge in [-0.25, -0.2) is 9.36 Å². The Bertz CT molecular complexity index is 952. The van der Waals surface area contributed by atoms with Crippen molar-refractivity contribution in [1.29, 1.82) is 0 Å². The van der Waals surface area contributed by atoms with Gasteiger partial charge in [0.25, 0.3) is 0 Å². The Morgan fingerprint density at radius 2 is 1.10 bits per heavy atom. The van der Waals surface area contributed by atoms with E-state index in [1.165, 1.54) is 109 Å². The molecule has 0 heterocycles. The first-order valence-corrected chi connectivity index (χ1v) is 21.5. The molecule has 0 radical (unpaired) electrons. The summed E-state index contributed by atoms with van der Waals surface area (Å²) in [6.45, 7) is 2.22. The standard InChI is InChI=1S/C40H73O10P/c1-3-5-7-9-11-13-15-17-18-20-22-24-26-28-30-32-40(44)50-38(36-49-51(45,46)48-34-37(42)33-41)35-47-39(43)31-29-27-25-23-21-19-16-14-12-10-8-6-4-2/h19,21,26,28,30,32,37-38,41-42H,3-18,20,22-25,27,29,31,33-36H2,1-2H3,(H,45,46)/b21-19+,28-26+,32-30+/t37-,38+/m0/s1. The lowest BCUT2D eigenvalue weighted by Gasteiger charge is -2.19. The number of carbonyl (C=O) groups excluding carboxylic acids is 2. The number of rotatable bonds is 37. The molecule has 0 aliphatic rings. The van der Waals surface area contributed by atoms with Gasteiger partial charge in [0.1, 0.15) is 12.7 Å². The molecule has 10 nitrogen and oxygen atoms in total. The molecule has 0 bridgehead atoms. The quantitative estimate of drug-likeness (QED) is 0.0140. The number of aliphatic hydroxyl groups excluding tert-OH is 2. The number of carbonyl (C=O) groups is 2. The van der Waals surface area contributed by atoms with Crippen molar-refractivity contribution in [3.63, 3.8) is 0 Å².